The van der Waals surface area contributed by atoms with Gasteiger partial charge in [-0.25, -0.2) is 4.98 Å². The Morgan fingerprint density at radius 2 is 2.44 bits per heavy atom. The second-order valence-corrected chi connectivity index (χ2v) is 4.35. The van der Waals surface area contributed by atoms with E-state index in [0.29, 0.717) is 18.9 Å². The van der Waals surface area contributed by atoms with Gasteiger partial charge in [0.25, 0.3) is 5.78 Å². The van der Waals surface area contributed by atoms with Crippen molar-refractivity contribution in [3.63, 3.8) is 0 Å². The van der Waals surface area contributed by atoms with Crippen molar-refractivity contribution in [2.24, 2.45) is 0 Å². The molecule has 1 N–H and O–H groups in total. The van der Waals surface area contributed by atoms with Gasteiger partial charge in [0.15, 0.2) is 0 Å². The monoisotopic (exact) mass is 249 g/mol. The van der Waals surface area contributed by atoms with Gasteiger partial charge in [-0.1, -0.05) is 0 Å². The number of nitrogens with zero attached hydrogens (tertiary/aromatic N) is 5. The van der Waals surface area contributed by atoms with Gasteiger partial charge >= 0.3 is 0 Å². The average Bonchev–Trinajstić information content (AvgIpc) is 2.85. The molecule has 2 aromatic rings. The van der Waals surface area contributed by atoms with Gasteiger partial charge in [0.05, 0.1) is 19.3 Å². The molecular formula is C11H15N5O2. The minimum Gasteiger partial charge on any atom is -0.394 e. The molecule has 7 nitrogen and oxygen atoms in total. The standard InChI is InChI=1S/C11H15N5O2/c1-8-4-10(16-11(14-8)12-7-13-16)15-2-3-18-9(5-15)6-17/h4,7,9,17H,2-3,5-6H2,1H3. The van der Waals surface area contributed by atoms with E-state index < -0.39 is 0 Å². The Kier molecular flexibility index (Phi) is 2.85. The van der Waals surface area contributed by atoms with Crippen LogP contribution in [0.5, 0.6) is 0 Å². The van der Waals surface area contributed by atoms with E-state index in [0.717, 1.165) is 18.1 Å². The van der Waals surface area contributed by atoms with Crippen molar-refractivity contribution in [2.45, 2.75) is 13.0 Å². The van der Waals surface area contributed by atoms with Crippen LogP contribution < -0.4 is 4.90 Å². The third kappa shape index (κ3) is 1.91. The van der Waals surface area contributed by atoms with Crippen LogP contribution in [0.1, 0.15) is 5.69 Å². The number of aryl methyl sites for hydroxylation is 1. The summed E-state index contributed by atoms with van der Waals surface area (Å²) in [5.74, 6) is 1.54. The zero-order valence-electron chi connectivity index (χ0n) is 10.2. The molecule has 96 valence electrons. The smallest absolute Gasteiger partial charge is 0.254 e. The van der Waals surface area contributed by atoms with Gasteiger partial charge in [-0.2, -0.15) is 14.6 Å². The molecule has 3 rings (SSSR count). The van der Waals surface area contributed by atoms with E-state index in [9.17, 15) is 5.11 Å². The van der Waals surface area contributed by atoms with Crippen LogP contribution >= 0.6 is 0 Å². The molecule has 1 atom stereocenters. The molecule has 0 aromatic carbocycles. The predicted octanol–water partition coefficient (Wildman–Crippen LogP) is -0.370. The fraction of sp³-hybridized carbons (Fsp3) is 0.545. The van der Waals surface area contributed by atoms with Gasteiger partial charge in [-0.3, -0.25) is 0 Å². The van der Waals surface area contributed by atoms with Crippen molar-refractivity contribution >= 4 is 11.6 Å². The van der Waals surface area contributed by atoms with Gasteiger partial charge < -0.3 is 14.7 Å². The number of rotatable bonds is 2. The minimum absolute atomic E-state index is 0.0288. The molecule has 1 fully saturated rings. The number of aliphatic hydroxyl groups is 1. The highest BCUT2D eigenvalue weighted by Gasteiger charge is 2.22. The minimum atomic E-state index is -0.147. The first kappa shape index (κ1) is 11.4. The number of hydrogen-bond donors (Lipinski definition) is 1. The van der Waals surface area contributed by atoms with Crippen molar-refractivity contribution < 1.29 is 9.84 Å². The van der Waals surface area contributed by atoms with Crippen LogP contribution in [0, 0.1) is 6.92 Å². The van der Waals surface area contributed by atoms with Crippen molar-refractivity contribution in [3.05, 3.63) is 18.1 Å². The molecule has 0 aliphatic carbocycles. The first-order chi connectivity index (χ1) is 8.78. The Morgan fingerprint density at radius 1 is 1.56 bits per heavy atom. The molecule has 1 aliphatic rings. The van der Waals surface area contributed by atoms with Crippen LogP contribution in [-0.2, 0) is 4.74 Å². The van der Waals surface area contributed by atoms with Gasteiger partial charge in [0, 0.05) is 24.8 Å². The van der Waals surface area contributed by atoms with Gasteiger partial charge in [-0.15, -0.1) is 0 Å². The molecule has 0 amide bonds. The van der Waals surface area contributed by atoms with Gasteiger partial charge in [-0.05, 0) is 6.92 Å². The van der Waals surface area contributed by atoms with Crippen molar-refractivity contribution in [2.75, 3.05) is 31.2 Å². The quantitative estimate of drug-likeness (QED) is 0.782. The molecule has 7 heteroatoms. The van der Waals surface area contributed by atoms with E-state index in [1.807, 2.05) is 13.0 Å². The van der Waals surface area contributed by atoms with E-state index in [1.54, 1.807) is 4.52 Å². The Labute approximate surface area is 104 Å². The molecular weight excluding hydrogens is 234 g/mol. The summed E-state index contributed by atoms with van der Waals surface area (Å²) in [5.41, 5.74) is 0.901. The third-order valence-corrected chi connectivity index (χ3v) is 3.03. The zero-order valence-corrected chi connectivity index (χ0v) is 10.2. The van der Waals surface area contributed by atoms with E-state index in [2.05, 4.69) is 20.0 Å². The normalized spacial score (nSPS) is 20.6. The summed E-state index contributed by atoms with van der Waals surface area (Å²) in [6.45, 7) is 3.98. The van der Waals surface area contributed by atoms with Crippen molar-refractivity contribution in [1.29, 1.82) is 0 Å². The maximum absolute atomic E-state index is 9.18. The number of anilines is 1. The van der Waals surface area contributed by atoms with E-state index >= 15 is 0 Å². The maximum atomic E-state index is 9.18. The van der Waals surface area contributed by atoms with Crippen LogP contribution in [0.4, 0.5) is 5.82 Å². The second kappa shape index (κ2) is 4.51. The Morgan fingerprint density at radius 3 is 3.28 bits per heavy atom. The lowest BCUT2D eigenvalue weighted by Crippen LogP contribution is -2.44. The van der Waals surface area contributed by atoms with Crippen LogP contribution in [-0.4, -0.2) is 57.1 Å². The molecule has 1 unspecified atom stereocenters. The first-order valence-corrected chi connectivity index (χ1v) is 5.92. The second-order valence-electron chi connectivity index (χ2n) is 4.35. The van der Waals surface area contributed by atoms with Crippen molar-refractivity contribution in [3.8, 4) is 0 Å². The predicted molar refractivity (Wildman–Crippen MR) is 64.6 cm³/mol. The lowest BCUT2D eigenvalue weighted by Gasteiger charge is -2.33. The number of fused-ring (bicyclic) bond motifs is 1. The van der Waals surface area contributed by atoms with Gasteiger partial charge in [0.2, 0.25) is 0 Å². The molecule has 3 heterocycles. The molecule has 18 heavy (non-hydrogen) atoms. The molecule has 1 saturated heterocycles. The zero-order chi connectivity index (χ0) is 12.5. The van der Waals surface area contributed by atoms with Crippen LogP contribution in [0.15, 0.2) is 12.4 Å². The summed E-state index contributed by atoms with van der Waals surface area (Å²) in [4.78, 5) is 10.6. The third-order valence-electron chi connectivity index (χ3n) is 3.03. The van der Waals surface area contributed by atoms with Gasteiger partial charge in [0.1, 0.15) is 12.1 Å². The van der Waals surface area contributed by atoms with Crippen LogP contribution in [0.25, 0.3) is 5.78 Å². The summed E-state index contributed by atoms with van der Waals surface area (Å²) >= 11 is 0. The summed E-state index contributed by atoms with van der Waals surface area (Å²) in [6, 6.07) is 1.97. The molecule has 0 radical (unpaired) electrons. The number of aliphatic hydroxyl groups excluding tert-OH is 1. The molecule has 0 bridgehead atoms. The van der Waals surface area contributed by atoms with Crippen LogP contribution in [0.3, 0.4) is 0 Å². The highest BCUT2D eigenvalue weighted by molar-refractivity contribution is 5.47. The Hall–Kier alpha value is -1.73. The highest BCUT2D eigenvalue weighted by Crippen LogP contribution is 2.18. The summed E-state index contributed by atoms with van der Waals surface area (Å²) in [7, 11) is 0. The fourth-order valence-electron chi connectivity index (χ4n) is 2.17. The highest BCUT2D eigenvalue weighted by atomic mass is 16.5. The maximum Gasteiger partial charge on any atom is 0.254 e. The summed E-state index contributed by atoms with van der Waals surface area (Å²) in [5, 5.41) is 13.4. The summed E-state index contributed by atoms with van der Waals surface area (Å²) in [6.07, 6.45) is 1.35. The molecule has 1 aliphatic heterocycles. The molecule has 0 spiro atoms. The molecule has 0 saturated carbocycles. The van der Waals surface area contributed by atoms with Crippen molar-refractivity contribution in [1.82, 2.24) is 19.6 Å². The Bertz CT molecular complexity index is 555. The number of morpholine rings is 1. The topological polar surface area (TPSA) is 75.8 Å². The lowest BCUT2D eigenvalue weighted by atomic mass is 10.2. The first-order valence-electron chi connectivity index (χ1n) is 5.92. The van der Waals surface area contributed by atoms with E-state index in [4.69, 9.17) is 4.74 Å². The Balaban J connectivity index is 2.00. The van der Waals surface area contributed by atoms with Crippen LogP contribution in [0.2, 0.25) is 0 Å². The lowest BCUT2D eigenvalue weighted by molar-refractivity contribution is 0.00325. The SMILES string of the molecule is Cc1cc(N2CCOC(CO)C2)n2ncnc2n1. The fourth-order valence-corrected chi connectivity index (χ4v) is 2.17. The number of aromatic nitrogens is 4. The van der Waals surface area contributed by atoms with E-state index in [-0.39, 0.29) is 12.7 Å². The van der Waals surface area contributed by atoms with E-state index in [1.165, 1.54) is 6.33 Å². The number of ether oxygens (including phenoxy) is 1. The largest absolute Gasteiger partial charge is 0.394 e. The average molecular weight is 249 g/mol. The number of hydrogen-bond acceptors (Lipinski definition) is 6. The molecule has 2 aromatic heterocycles. The summed E-state index contributed by atoms with van der Waals surface area (Å²) < 4.78 is 7.17.